The van der Waals surface area contributed by atoms with Crippen LogP contribution in [-0.2, 0) is 11.3 Å². The first-order chi connectivity index (χ1) is 8.67. The molecule has 0 aromatic heterocycles. The molecule has 0 aliphatic carbocycles. The molecule has 0 aliphatic rings. The third-order valence-corrected chi connectivity index (χ3v) is 2.44. The predicted octanol–water partition coefficient (Wildman–Crippen LogP) is 2.37. The van der Waals surface area contributed by atoms with Crippen molar-refractivity contribution in [2.45, 2.75) is 26.3 Å². The highest BCUT2D eigenvalue weighted by molar-refractivity contribution is 5.77. The minimum absolute atomic E-state index is 0.0215. The highest BCUT2D eigenvalue weighted by Gasteiger charge is 2.03. The van der Waals surface area contributed by atoms with E-state index in [4.69, 9.17) is 4.74 Å². The van der Waals surface area contributed by atoms with Gasteiger partial charge in [0.2, 0.25) is 5.91 Å². The summed E-state index contributed by atoms with van der Waals surface area (Å²) >= 11 is 0. The Kier molecular flexibility index (Phi) is 5.77. The van der Waals surface area contributed by atoms with Gasteiger partial charge in [0.25, 0.3) is 0 Å². The fraction of sp³-hybridized carbons (Fsp3) is 0.357. The van der Waals surface area contributed by atoms with Crippen LogP contribution in [0.15, 0.2) is 30.4 Å². The third kappa shape index (κ3) is 4.49. The molecule has 2 N–H and O–H groups in total. The molecular weight excluding hydrogens is 230 g/mol. The lowest BCUT2D eigenvalue weighted by atomic mass is 10.2. The fourth-order valence-electron chi connectivity index (χ4n) is 1.46. The van der Waals surface area contributed by atoms with E-state index in [0.29, 0.717) is 18.7 Å². The topological polar surface area (TPSA) is 58.6 Å². The maximum Gasteiger partial charge on any atom is 0.224 e. The van der Waals surface area contributed by atoms with E-state index in [1.807, 2.05) is 19.1 Å². The first-order valence-electron chi connectivity index (χ1n) is 5.95. The number of hydrogen-bond acceptors (Lipinski definition) is 3. The highest BCUT2D eigenvalue weighted by Crippen LogP contribution is 2.26. The molecule has 1 aromatic rings. The van der Waals surface area contributed by atoms with Crippen LogP contribution < -0.4 is 10.1 Å². The van der Waals surface area contributed by atoms with Crippen LogP contribution in [0.3, 0.4) is 0 Å². The molecule has 1 amide bonds. The van der Waals surface area contributed by atoms with Gasteiger partial charge in [0.15, 0.2) is 11.5 Å². The van der Waals surface area contributed by atoms with Gasteiger partial charge in [-0.25, -0.2) is 0 Å². The molecule has 4 heteroatoms. The van der Waals surface area contributed by atoms with Crippen molar-refractivity contribution in [3.8, 4) is 11.5 Å². The summed E-state index contributed by atoms with van der Waals surface area (Å²) in [6.45, 7) is 2.45. The van der Waals surface area contributed by atoms with Gasteiger partial charge in [0.05, 0.1) is 7.11 Å². The average molecular weight is 249 g/mol. The molecule has 98 valence electrons. The van der Waals surface area contributed by atoms with E-state index < -0.39 is 0 Å². The van der Waals surface area contributed by atoms with Gasteiger partial charge in [-0.3, -0.25) is 4.79 Å². The van der Waals surface area contributed by atoms with Crippen LogP contribution in [0.4, 0.5) is 0 Å². The maximum atomic E-state index is 11.5. The molecule has 0 unspecified atom stereocenters. The monoisotopic (exact) mass is 249 g/mol. The van der Waals surface area contributed by atoms with Gasteiger partial charge in [-0.15, -0.1) is 0 Å². The SMILES string of the molecule is CC/C=C\CC(=O)NCc1ccc(O)c(OC)c1. The number of benzene rings is 1. The minimum atomic E-state index is -0.0215. The Morgan fingerprint density at radius 1 is 1.44 bits per heavy atom. The summed E-state index contributed by atoms with van der Waals surface area (Å²) in [6.07, 6.45) is 5.14. The van der Waals surface area contributed by atoms with Crippen molar-refractivity contribution in [3.05, 3.63) is 35.9 Å². The van der Waals surface area contributed by atoms with Gasteiger partial charge in [0.1, 0.15) is 0 Å². The van der Waals surface area contributed by atoms with Crippen molar-refractivity contribution in [2.75, 3.05) is 7.11 Å². The number of nitrogens with one attached hydrogen (secondary N) is 1. The number of carbonyl (C=O) groups excluding carboxylic acids is 1. The van der Waals surface area contributed by atoms with Crippen LogP contribution in [0, 0.1) is 0 Å². The molecule has 0 saturated carbocycles. The van der Waals surface area contributed by atoms with Crippen molar-refractivity contribution in [1.82, 2.24) is 5.32 Å². The van der Waals surface area contributed by atoms with E-state index in [-0.39, 0.29) is 11.7 Å². The lowest BCUT2D eigenvalue weighted by Gasteiger charge is -2.07. The molecular formula is C14H19NO3. The number of amides is 1. The van der Waals surface area contributed by atoms with Crippen LogP contribution in [0.1, 0.15) is 25.3 Å². The van der Waals surface area contributed by atoms with Gasteiger partial charge in [-0.05, 0) is 24.1 Å². The zero-order valence-electron chi connectivity index (χ0n) is 10.8. The summed E-state index contributed by atoms with van der Waals surface area (Å²) in [5.41, 5.74) is 0.887. The second kappa shape index (κ2) is 7.37. The van der Waals surface area contributed by atoms with Crippen LogP contribution in [0.25, 0.3) is 0 Å². The molecule has 0 radical (unpaired) electrons. The Bertz CT molecular complexity index is 427. The normalized spacial score (nSPS) is 10.6. The summed E-state index contributed by atoms with van der Waals surface area (Å²) in [5.74, 6) is 0.484. The van der Waals surface area contributed by atoms with Gasteiger partial charge < -0.3 is 15.2 Å². The predicted molar refractivity (Wildman–Crippen MR) is 70.6 cm³/mol. The largest absolute Gasteiger partial charge is 0.504 e. The van der Waals surface area contributed by atoms with Gasteiger partial charge in [0, 0.05) is 13.0 Å². The van der Waals surface area contributed by atoms with Crippen molar-refractivity contribution in [2.24, 2.45) is 0 Å². The number of methoxy groups -OCH3 is 1. The van der Waals surface area contributed by atoms with Crippen LogP contribution in [-0.4, -0.2) is 18.1 Å². The molecule has 0 spiro atoms. The summed E-state index contributed by atoms with van der Waals surface area (Å²) in [4.78, 5) is 11.5. The number of phenolic OH excluding ortho intramolecular Hbond substituents is 1. The number of allylic oxidation sites excluding steroid dienone is 1. The van der Waals surface area contributed by atoms with E-state index in [2.05, 4.69) is 5.32 Å². The molecule has 0 atom stereocenters. The Balaban J connectivity index is 2.48. The van der Waals surface area contributed by atoms with Gasteiger partial charge in [-0.1, -0.05) is 25.1 Å². The van der Waals surface area contributed by atoms with Gasteiger partial charge >= 0.3 is 0 Å². The fourth-order valence-corrected chi connectivity index (χ4v) is 1.46. The summed E-state index contributed by atoms with van der Waals surface area (Å²) in [5, 5.41) is 12.2. The van der Waals surface area contributed by atoms with Crippen molar-refractivity contribution in [1.29, 1.82) is 0 Å². The summed E-state index contributed by atoms with van der Waals surface area (Å²) in [7, 11) is 1.49. The number of phenols is 1. The minimum Gasteiger partial charge on any atom is -0.504 e. The summed E-state index contributed by atoms with van der Waals surface area (Å²) in [6, 6.07) is 5.01. The lowest BCUT2D eigenvalue weighted by molar-refractivity contribution is -0.120. The van der Waals surface area contributed by atoms with E-state index >= 15 is 0 Å². The van der Waals surface area contributed by atoms with Gasteiger partial charge in [-0.2, -0.15) is 0 Å². The Labute approximate surface area is 107 Å². The third-order valence-electron chi connectivity index (χ3n) is 2.44. The average Bonchev–Trinajstić information content (AvgIpc) is 2.38. The molecule has 4 nitrogen and oxygen atoms in total. The lowest BCUT2D eigenvalue weighted by Crippen LogP contribution is -2.21. The number of aromatic hydroxyl groups is 1. The second-order valence-electron chi connectivity index (χ2n) is 3.87. The van der Waals surface area contributed by atoms with E-state index in [0.717, 1.165) is 12.0 Å². The molecule has 18 heavy (non-hydrogen) atoms. The second-order valence-corrected chi connectivity index (χ2v) is 3.87. The molecule has 0 fully saturated rings. The van der Waals surface area contributed by atoms with E-state index in [9.17, 15) is 9.90 Å². The Morgan fingerprint density at radius 2 is 2.22 bits per heavy atom. The Hall–Kier alpha value is -1.97. The Morgan fingerprint density at radius 3 is 2.89 bits per heavy atom. The van der Waals surface area contributed by atoms with Crippen LogP contribution in [0.2, 0.25) is 0 Å². The maximum absolute atomic E-state index is 11.5. The molecule has 1 rings (SSSR count). The van der Waals surface area contributed by atoms with E-state index in [1.165, 1.54) is 7.11 Å². The molecule has 0 saturated heterocycles. The van der Waals surface area contributed by atoms with Crippen molar-refractivity contribution in [3.63, 3.8) is 0 Å². The van der Waals surface area contributed by atoms with Crippen molar-refractivity contribution >= 4 is 5.91 Å². The number of rotatable bonds is 6. The first-order valence-corrected chi connectivity index (χ1v) is 5.95. The van der Waals surface area contributed by atoms with Crippen LogP contribution in [0.5, 0.6) is 11.5 Å². The standard InChI is InChI=1S/C14H19NO3/c1-3-4-5-6-14(17)15-10-11-7-8-12(16)13(9-11)18-2/h4-5,7-9,16H,3,6,10H2,1-2H3,(H,15,17)/b5-4-. The quantitative estimate of drug-likeness (QED) is 0.761. The number of carbonyl (C=O) groups is 1. The zero-order chi connectivity index (χ0) is 13.4. The first kappa shape index (κ1) is 14.1. The molecule has 0 aliphatic heterocycles. The zero-order valence-corrected chi connectivity index (χ0v) is 10.8. The van der Waals surface area contributed by atoms with Crippen molar-refractivity contribution < 1.29 is 14.6 Å². The summed E-state index contributed by atoms with van der Waals surface area (Å²) < 4.78 is 5.00. The number of hydrogen-bond donors (Lipinski definition) is 2. The van der Waals surface area contributed by atoms with Crippen LogP contribution >= 0.6 is 0 Å². The molecule has 0 heterocycles. The smallest absolute Gasteiger partial charge is 0.224 e. The van der Waals surface area contributed by atoms with E-state index in [1.54, 1.807) is 18.2 Å². The molecule has 1 aromatic carbocycles. The number of ether oxygens (including phenoxy) is 1. The highest BCUT2D eigenvalue weighted by atomic mass is 16.5. The molecule has 0 bridgehead atoms.